The molecular formula is C8H4ClN5O4. The molecule has 0 aliphatic rings. The van der Waals surface area contributed by atoms with Crippen molar-refractivity contribution in [2.45, 2.75) is 0 Å². The van der Waals surface area contributed by atoms with E-state index in [-0.39, 0.29) is 16.5 Å². The first-order chi connectivity index (χ1) is 8.49. The fraction of sp³-hybridized carbons (Fsp3) is 0. The molecule has 0 spiro atoms. The van der Waals surface area contributed by atoms with E-state index in [4.69, 9.17) is 16.7 Å². The SMILES string of the molecule is O=C(O)c1nc(-n2cnc([N+](=O)[O-])n2)ccc1Cl. The summed E-state index contributed by atoms with van der Waals surface area (Å²) >= 11 is 5.64. The van der Waals surface area contributed by atoms with Crippen molar-refractivity contribution < 1.29 is 14.8 Å². The van der Waals surface area contributed by atoms with Crippen LogP contribution in [-0.4, -0.2) is 35.7 Å². The van der Waals surface area contributed by atoms with Crippen LogP contribution in [0, 0.1) is 10.1 Å². The summed E-state index contributed by atoms with van der Waals surface area (Å²) in [6, 6.07) is 2.67. The average Bonchev–Trinajstić information content (AvgIpc) is 2.78. The van der Waals surface area contributed by atoms with E-state index in [1.54, 1.807) is 0 Å². The van der Waals surface area contributed by atoms with Gasteiger partial charge in [-0.2, -0.15) is 0 Å². The Morgan fingerprint density at radius 3 is 2.78 bits per heavy atom. The highest BCUT2D eigenvalue weighted by molar-refractivity contribution is 6.33. The van der Waals surface area contributed by atoms with E-state index >= 15 is 0 Å². The zero-order valence-corrected chi connectivity index (χ0v) is 9.27. The lowest BCUT2D eigenvalue weighted by Gasteiger charge is -2.00. The number of hydrogen-bond acceptors (Lipinski definition) is 6. The Bertz CT molecular complexity index is 640. The lowest BCUT2D eigenvalue weighted by Crippen LogP contribution is -2.06. The van der Waals surface area contributed by atoms with E-state index in [0.717, 1.165) is 11.0 Å². The van der Waals surface area contributed by atoms with Gasteiger partial charge in [0.15, 0.2) is 11.5 Å². The second-order valence-electron chi connectivity index (χ2n) is 3.05. The van der Waals surface area contributed by atoms with Crippen LogP contribution < -0.4 is 0 Å². The van der Waals surface area contributed by atoms with Crippen molar-refractivity contribution in [3.63, 3.8) is 0 Å². The standard InChI is InChI=1S/C8H4ClN5O4/c9-4-1-2-5(11-6(4)7(15)16)13-3-10-8(12-13)14(17)18/h1-3H,(H,15,16). The summed E-state index contributed by atoms with van der Waals surface area (Å²) in [5, 5.41) is 22.7. The predicted octanol–water partition coefficient (Wildman–Crippen LogP) is 0.922. The van der Waals surface area contributed by atoms with Gasteiger partial charge in [0.1, 0.15) is 0 Å². The molecule has 2 heterocycles. The van der Waals surface area contributed by atoms with Gasteiger partial charge in [-0.3, -0.25) is 0 Å². The van der Waals surface area contributed by atoms with Gasteiger partial charge in [-0.15, -0.1) is 4.68 Å². The van der Waals surface area contributed by atoms with E-state index in [9.17, 15) is 14.9 Å². The number of carboxylic acid groups (broad SMARTS) is 1. The van der Waals surface area contributed by atoms with E-state index in [2.05, 4.69) is 15.1 Å². The molecule has 0 amide bonds. The van der Waals surface area contributed by atoms with Gasteiger partial charge in [0.05, 0.1) is 5.02 Å². The number of pyridine rings is 1. The largest absolute Gasteiger partial charge is 0.491 e. The second-order valence-corrected chi connectivity index (χ2v) is 3.46. The fourth-order valence-electron chi connectivity index (χ4n) is 1.16. The highest BCUT2D eigenvalue weighted by Gasteiger charge is 2.17. The van der Waals surface area contributed by atoms with Crippen LogP contribution in [0.4, 0.5) is 5.95 Å². The smallest absolute Gasteiger partial charge is 0.476 e. The number of nitrogens with zero attached hydrogens (tertiary/aromatic N) is 5. The number of rotatable bonds is 3. The first-order valence-electron chi connectivity index (χ1n) is 4.45. The topological polar surface area (TPSA) is 124 Å². The summed E-state index contributed by atoms with van der Waals surface area (Å²) in [6.45, 7) is 0. The van der Waals surface area contributed by atoms with Crippen molar-refractivity contribution in [3.05, 3.63) is 39.3 Å². The normalized spacial score (nSPS) is 10.3. The molecule has 0 aliphatic heterocycles. The molecule has 0 atom stereocenters. The first-order valence-corrected chi connectivity index (χ1v) is 4.83. The lowest BCUT2D eigenvalue weighted by atomic mass is 10.3. The molecule has 0 aliphatic carbocycles. The number of hydrogen-bond donors (Lipinski definition) is 1. The van der Waals surface area contributed by atoms with Gasteiger partial charge in [0.25, 0.3) is 0 Å². The van der Waals surface area contributed by atoms with Gasteiger partial charge >= 0.3 is 11.9 Å². The molecular weight excluding hydrogens is 266 g/mol. The Kier molecular flexibility index (Phi) is 2.90. The van der Waals surface area contributed by atoms with E-state index in [1.807, 2.05) is 0 Å². The van der Waals surface area contributed by atoms with Gasteiger partial charge in [0.2, 0.25) is 6.33 Å². The van der Waals surface area contributed by atoms with E-state index in [1.165, 1.54) is 12.1 Å². The number of carboxylic acids is 1. The molecule has 0 aromatic carbocycles. The molecule has 9 nitrogen and oxygen atoms in total. The molecule has 92 valence electrons. The van der Waals surface area contributed by atoms with Crippen LogP contribution in [0.1, 0.15) is 10.5 Å². The Hall–Kier alpha value is -2.55. The van der Waals surface area contributed by atoms with Crippen LogP contribution in [0.2, 0.25) is 5.02 Å². The highest BCUT2D eigenvalue weighted by Crippen LogP contribution is 2.16. The van der Waals surface area contributed by atoms with Crippen LogP contribution in [0.3, 0.4) is 0 Å². The molecule has 0 bridgehead atoms. The summed E-state index contributed by atoms with van der Waals surface area (Å²) in [7, 11) is 0. The summed E-state index contributed by atoms with van der Waals surface area (Å²) in [5.41, 5.74) is -0.368. The second kappa shape index (κ2) is 4.37. The van der Waals surface area contributed by atoms with Gasteiger partial charge in [-0.05, 0) is 17.1 Å². The minimum atomic E-state index is -1.31. The summed E-state index contributed by atoms with van der Waals surface area (Å²) in [4.78, 5) is 27.6. The third kappa shape index (κ3) is 2.11. The molecule has 2 aromatic rings. The van der Waals surface area contributed by atoms with Crippen LogP contribution in [0.15, 0.2) is 18.5 Å². The Morgan fingerprint density at radius 2 is 2.22 bits per heavy atom. The van der Waals surface area contributed by atoms with Crippen molar-refractivity contribution in [1.29, 1.82) is 0 Å². The molecule has 0 fully saturated rings. The molecule has 0 unspecified atom stereocenters. The Balaban J connectivity index is 2.47. The molecule has 18 heavy (non-hydrogen) atoms. The van der Waals surface area contributed by atoms with Crippen molar-refractivity contribution in [2.24, 2.45) is 0 Å². The zero-order chi connectivity index (χ0) is 13.3. The molecule has 0 saturated heterocycles. The molecule has 2 aromatic heterocycles. The maximum absolute atomic E-state index is 10.8. The number of aromatic nitrogens is 4. The minimum absolute atomic E-state index is 0.0409. The molecule has 1 N–H and O–H groups in total. The Morgan fingerprint density at radius 1 is 1.50 bits per heavy atom. The first kappa shape index (κ1) is 11.9. The van der Waals surface area contributed by atoms with Gasteiger partial charge in [0, 0.05) is 5.10 Å². The zero-order valence-electron chi connectivity index (χ0n) is 8.52. The fourth-order valence-corrected chi connectivity index (χ4v) is 1.34. The van der Waals surface area contributed by atoms with Gasteiger partial charge in [-0.1, -0.05) is 16.6 Å². The molecule has 0 radical (unpaired) electrons. The number of aromatic carboxylic acids is 1. The van der Waals surface area contributed by atoms with Crippen LogP contribution in [0.25, 0.3) is 5.82 Å². The molecule has 0 saturated carbocycles. The quantitative estimate of drug-likeness (QED) is 0.649. The summed E-state index contributed by atoms with van der Waals surface area (Å²) in [6.07, 6.45) is 1.06. The lowest BCUT2D eigenvalue weighted by molar-refractivity contribution is -0.394. The van der Waals surface area contributed by atoms with E-state index < -0.39 is 16.8 Å². The number of halogens is 1. The van der Waals surface area contributed by atoms with Crippen molar-refractivity contribution in [2.75, 3.05) is 0 Å². The van der Waals surface area contributed by atoms with Gasteiger partial charge in [-0.25, -0.2) is 9.78 Å². The van der Waals surface area contributed by atoms with Gasteiger partial charge < -0.3 is 15.2 Å². The van der Waals surface area contributed by atoms with Crippen LogP contribution in [0.5, 0.6) is 0 Å². The number of nitro groups is 1. The third-order valence-electron chi connectivity index (χ3n) is 1.91. The minimum Gasteiger partial charge on any atom is -0.476 e. The third-order valence-corrected chi connectivity index (χ3v) is 2.22. The summed E-state index contributed by atoms with van der Waals surface area (Å²) in [5.74, 6) is -1.85. The van der Waals surface area contributed by atoms with Crippen molar-refractivity contribution >= 4 is 23.5 Å². The van der Waals surface area contributed by atoms with Crippen molar-refractivity contribution in [1.82, 2.24) is 19.7 Å². The monoisotopic (exact) mass is 269 g/mol. The maximum atomic E-state index is 10.8. The van der Waals surface area contributed by atoms with Crippen LogP contribution >= 0.6 is 11.6 Å². The van der Waals surface area contributed by atoms with Crippen LogP contribution in [-0.2, 0) is 0 Å². The Labute approximate surface area is 104 Å². The number of carbonyl (C=O) groups is 1. The van der Waals surface area contributed by atoms with E-state index in [0.29, 0.717) is 0 Å². The summed E-state index contributed by atoms with van der Waals surface area (Å²) < 4.78 is 0.987. The predicted molar refractivity (Wildman–Crippen MR) is 57.8 cm³/mol. The maximum Gasteiger partial charge on any atom is 0.491 e. The average molecular weight is 270 g/mol. The highest BCUT2D eigenvalue weighted by atomic mass is 35.5. The molecule has 10 heteroatoms. The van der Waals surface area contributed by atoms with Crippen molar-refractivity contribution in [3.8, 4) is 5.82 Å². The molecule has 2 rings (SSSR count).